The Hall–Kier alpha value is -0.870. The van der Waals surface area contributed by atoms with Crippen LogP contribution in [0.5, 0.6) is 0 Å². The second-order valence-electron chi connectivity index (χ2n) is 3.44. The van der Waals surface area contributed by atoms with Gasteiger partial charge in [0.25, 0.3) is 0 Å². The van der Waals surface area contributed by atoms with Crippen molar-refractivity contribution in [1.29, 1.82) is 0 Å². The molecule has 0 rings (SSSR count). The van der Waals surface area contributed by atoms with Gasteiger partial charge >= 0.3 is 0 Å². The molecule has 0 spiro atoms. The van der Waals surface area contributed by atoms with Crippen molar-refractivity contribution in [3.8, 4) is 0 Å². The van der Waals surface area contributed by atoms with Crippen LogP contribution < -0.4 is 5.73 Å². The molecule has 3 N–H and O–H groups in total. The molecule has 0 aliphatic heterocycles. The van der Waals surface area contributed by atoms with Crippen LogP contribution in [0.15, 0.2) is 12.7 Å². The van der Waals surface area contributed by atoms with E-state index < -0.39 is 0 Å². The average molecular weight is 200 g/mol. The quantitative estimate of drug-likeness (QED) is 0.592. The lowest BCUT2D eigenvalue weighted by Crippen LogP contribution is -2.42. The van der Waals surface area contributed by atoms with Gasteiger partial charge in [0, 0.05) is 19.1 Å². The number of hydrogen-bond acceptors (Lipinski definition) is 3. The summed E-state index contributed by atoms with van der Waals surface area (Å²) in [6, 6.07) is -0.173. The van der Waals surface area contributed by atoms with E-state index in [1.165, 1.54) is 0 Å². The molecule has 1 amide bonds. The van der Waals surface area contributed by atoms with E-state index in [-0.39, 0.29) is 24.5 Å². The number of rotatable bonds is 6. The molecule has 14 heavy (non-hydrogen) atoms. The maximum Gasteiger partial charge on any atom is 0.227 e. The minimum absolute atomic E-state index is 0.0334. The third kappa shape index (κ3) is 3.89. The second-order valence-corrected chi connectivity index (χ2v) is 3.44. The molecule has 4 nitrogen and oxygen atoms in total. The van der Waals surface area contributed by atoms with Gasteiger partial charge in [0.1, 0.15) is 0 Å². The molecule has 0 aromatic carbocycles. The van der Waals surface area contributed by atoms with E-state index in [4.69, 9.17) is 10.8 Å². The van der Waals surface area contributed by atoms with E-state index in [9.17, 15) is 4.79 Å². The first kappa shape index (κ1) is 13.1. The summed E-state index contributed by atoms with van der Waals surface area (Å²) in [5.41, 5.74) is 5.63. The fourth-order valence-corrected chi connectivity index (χ4v) is 1.08. The van der Waals surface area contributed by atoms with E-state index in [1.807, 2.05) is 0 Å². The van der Waals surface area contributed by atoms with Gasteiger partial charge in [-0.2, -0.15) is 0 Å². The van der Waals surface area contributed by atoms with Crippen molar-refractivity contribution in [3.05, 3.63) is 12.7 Å². The number of carbonyl (C=O) groups excluding carboxylic acids is 1. The summed E-state index contributed by atoms with van der Waals surface area (Å²) in [6.45, 7) is 7.91. The zero-order valence-electron chi connectivity index (χ0n) is 8.94. The Bertz CT molecular complexity index is 193. The third-order valence-electron chi connectivity index (χ3n) is 2.21. The highest BCUT2D eigenvalue weighted by molar-refractivity contribution is 5.79. The molecule has 0 aliphatic carbocycles. The standard InChI is InChI=1S/C10H20N2O2/c1-4-5-12(6-7-13)10(14)8(2)9(3)11/h4,8-9,13H,1,5-7,11H2,2-3H3. The van der Waals surface area contributed by atoms with Crippen molar-refractivity contribution in [1.82, 2.24) is 4.90 Å². The molecule has 0 saturated heterocycles. The monoisotopic (exact) mass is 200 g/mol. The van der Waals surface area contributed by atoms with Gasteiger partial charge in [-0.3, -0.25) is 4.79 Å². The zero-order valence-corrected chi connectivity index (χ0v) is 8.94. The number of amides is 1. The first-order valence-corrected chi connectivity index (χ1v) is 4.80. The lowest BCUT2D eigenvalue weighted by Gasteiger charge is -2.25. The normalized spacial score (nSPS) is 14.6. The van der Waals surface area contributed by atoms with Crippen LogP contribution >= 0.6 is 0 Å². The fraction of sp³-hybridized carbons (Fsp3) is 0.700. The van der Waals surface area contributed by atoms with Crippen LogP contribution in [0.3, 0.4) is 0 Å². The van der Waals surface area contributed by atoms with E-state index >= 15 is 0 Å². The molecule has 0 heterocycles. The molecule has 82 valence electrons. The smallest absolute Gasteiger partial charge is 0.227 e. The van der Waals surface area contributed by atoms with Crippen LogP contribution in [0.25, 0.3) is 0 Å². The van der Waals surface area contributed by atoms with Gasteiger partial charge in [-0.05, 0) is 6.92 Å². The molecular weight excluding hydrogens is 180 g/mol. The first-order valence-electron chi connectivity index (χ1n) is 4.80. The summed E-state index contributed by atoms with van der Waals surface area (Å²) in [5, 5.41) is 8.77. The first-order chi connectivity index (χ1) is 6.54. The van der Waals surface area contributed by atoms with E-state index in [0.717, 1.165) is 0 Å². The highest BCUT2D eigenvalue weighted by Gasteiger charge is 2.21. The van der Waals surface area contributed by atoms with Gasteiger partial charge in [-0.1, -0.05) is 13.0 Å². The summed E-state index contributed by atoms with van der Waals surface area (Å²) in [4.78, 5) is 13.3. The van der Waals surface area contributed by atoms with E-state index in [1.54, 1.807) is 24.8 Å². The lowest BCUT2D eigenvalue weighted by atomic mass is 10.0. The maximum atomic E-state index is 11.8. The van der Waals surface area contributed by atoms with Crippen molar-refractivity contribution in [2.45, 2.75) is 19.9 Å². The Morgan fingerprint density at radius 3 is 2.57 bits per heavy atom. The highest BCUT2D eigenvalue weighted by Crippen LogP contribution is 2.05. The number of nitrogens with zero attached hydrogens (tertiary/aromatic N) is 1. The van der Waals surface area contributed by atoms with Gasteiger partial charge in [-0.25, -0.2) is 0 Å². The van der Waals surface area contributed by atoms with Crippen LogP contribution in [-0.2, 0) is 4.79 Å². The minimum Gasteiger partial charge on any atom is -0.395 e. The number of aliphatic hydroxyl groups excluding tert-OH is 1. The van der Waals surface area contributed by atoms with Crippen LogP contribution in [0.4, 0.5) is 0 Å². The van der Waals surface area contributed by atoms with Crippen LogP contribution in [0, 0.1) is 5.92 Å². The van der Waals surface area contributed by atoms with E-state index in [2.05, 4.69) is 6.58 Å². The topological polar surface area (TPSA) is 66.6 Å². The Morgan fingerprint density at radius 1 is 1.64 bits per heavy atom. The molecule has 2 unspecified atom stereocenters. The number of carbonyl (C=O) groups is 1. The molecule has 0 saturated carbocycles. The lowest BCUT2D eigenvalue weighted by molar-refractivity contribution is -0.135. The van der Waals surface area contributed by atoms with Crippen LogP contribution in [0.2, 0.25) is 0 Å². The van der Waals surface area contributed by atoms with Crippen molar-refractivity contribution in [3.63, 3.8) is 0 Å². The Labute approximate surface area is 85.4 Å². The van der Waals surface area contributed by atoms with Gasteiger partial charge in [0.15, 0.2) is 0 Å². The SMILES string of the molecule is C=CCN(CCO)C(=O)C(C)C(C)N. The van der Waals surface area contributed by atoms with Crippen molar-refractivity contribution >= 4 is 5.91 Å². The van der Waals surface area contributed by atoms with Gasteiger partial charge < -0.3 is 15.7 Å². The maximum absolute atomic E-state index is 11.8. The van der Waals surface area contributed by atoms with Gasteiger partial charge in [0.05, 0.1) is 12.5 Å². The average Bonchev–Trinajstić information content (AvgIpc) is 2.15. The Balaban J connectivity index is 4.33. The Kier molecular flexibility index (Phi) is 6.16. The molecule has 0 fully saturated rings. The van der Waals surface area contributed by atoms with Crippen molar-refractivity contribution in [2.24, 2.45) is 11.7 Å². The highest BCUT2D eigenvalue weighted by atomic mass is 16.3. The van der Waals surface area contributed by atoms with Crippen molar-refractivity contribution < 1.29 is 9.90 Å². The number of nitrogens with two attached hydrogens (primary N) is 1. The van der Waals surface area contributed by atoms with Gasteiger partial charge in [-0.15, -0.1) is 6.58 Å². The van der Waals surface area contributed by atoms with Crippen LogP contribution in [-0.4, -0.2) is 41.7 Å². The second kappa shape index (κ2) is 6.56. The van der Waals surface area contributed by atoms with Gasteiger partial charge in [0.2, 0.25) is 5.91 Å². The predicted octanol–water partition coefficient (Wildman–Crippen LogP) is -0.0234. The summed E-state index contributed by atoms with van der Waals surface area (Å²) in [7, 11) is 0. The van der Waals surface area contributed by atoms with Crippen LogP contribution in [0.1, 0.15) is 13.8 Å². The number of hydrogen-bond donors (Lipinski definition) is 2. The summed E-state index contributed by atoms with van der Waals surface area (Å²) in [5.74, 6) is -0.254. The molecule has 0 radical (unpaired) electrons. The summed E-state index contributed by atoms with van der Waals surface area (Å²) < 4.78 is 0. The molecular formula is C10H20N2O2. The molecule has 4 heteroatoms. The summed E-state index contributed by atoms with van der Waals surface area (Å²) in [6.07, 6.45) is 1.64. The predicted molar refractivity (Wildman–Crippen MR) is 56.7 cm³/mol. The zero-order chi connectivity index (χ0) is 11.1. The largest absolute Gasteiger partial charge is 0.395 e. The summed E-state index contributed by atoms with van der Waals surface area (Å²) >= 11 is 0. The third-order valence-corrected chi connectivity index (χ3v) is 2.21. The Morgan fingerprint density at radius 2 is 2.21 bits per heavy atom. The fourth-order valence-electron chi connectivity index (χ4n) is 1.08. The number of aliphatic hydroxyl groups is 1. The molecule has 0 aromatic heterocycles. The minimum atomic E-state index is -0.221. The van der Waals surface area contributed by atoms with E-state index in [0.29, 0.717) is 13.1 Å². The molecule has 0 aromatic rings. The van der Waals surface area contributed by atoms with Crippen molar-refractivity contribution in [2.75, 3.05) is 19.7 Å². The molecule has 0 bridgehead atoms. The molecule has 2 atom stereocenters. The molecule has 0 aliphatic rings.